The first-order valence-corrected chi connectivity index (χ1v) is 10.2. The van der Waals surface area contributed by atoms with E-state index in [1.807, 2.05) is 7.05 Å². The quantitative estimate of drug-likeness (QED) is 0.364. The molecule has 3 rings (SSSR count). The van der Waals surface area contributed by atoms with Crippen LogP contribution in [-0.2, 0) is 6.54 Å². The fourth-order valence-corrected chi connectivity index (χ4v) is 3.90. The number of para-hydroxylation sites is 1. The minimum atomic E-state index is 0. The average Bonchev–Trinajstić information content (AvgIpc) is 3.22. The van der Waals surface area contributed by atoms with E-state index in [-0.39, 0.29) is 24.0 Å². The van der Waals surface area contributed by atoms with E-state index < -0.39 is 0 Å². The largest absolute Gasteiger partial charge is 0.369 e. The van der Waals surface area contributed by atoms with Gasteiger partial charge in [-0.05, 0) is 41.4 Å². The molecule has 5 nitrogen and oxygen atoms in total. The van der Waals surface area contributed by atoms with Crippen LogP contribution in [0.1, 0.15) is 12.5 Å². The second kappa shape index (κ2) is 11.5. The number of halogens is 1. The number of rotatable bonds is 6. The van der Waals surface area contributed by atoms with Gasteiger partial charge < -0.3 is 15.5 Å². The van der Waals surface area contributed by atoms with Crippen molar-refractivity contribution in [1.29, 1.82) is 0 Å². The number of nitrogens with one attached hydrogen (secondary N) is 2. The molecule has 148 valence electrons. The van der Waals surface area contributed by atoms with E-state index >= 15 is 0 Å². The second-order valence-corrected chi connectivity index (χ2v) is 7.43. The predicted molar refractivity (Wildman–Crippen MR) is 128 cm³/mol. The number of guanidine groups is 1. The first-order valence-electron chi connectivity index (χ1n) is 9.26. The molecule has 1 atom stereocenters. The lowest BCUT2D eigenvalue weighted by Crippen LogP contribution is -2.53. The smallest absolute Gasteiger partial charge is 0.191 e. The lowest BCUT2D eigenvalue weighted by Gasteiger charge is -2.39. The number of aliphatic imine (C=N–C) groups is 1. The summed E-state index contributed by atoms with van der Waals surface area (Å²) < 4.78 is 0. The molecule has 1 fully saturated rings. The van der Waals surface area contributed by atoms with Gasteiger partial charge in [-0.1, -0.05) is 18.2 Å². The first-order chi connectivity index (χ1) is 12.8. The Morgan fingerprint density at radius 1 is 1.11 bits per heavy atom. The fraction of sp³-hybridized carbons (Fsp3) is 0.450. The van der Waals surface area contributed by atoms with Gasteiger partial charge in [0, 0.05) is 58.0 Å². The zero-order valence-corrected chi connectivity index (χ0v) is 19.2. The number of piperazine rings is 1. The van der Waals surface area contributed by atoms with Crippen LogP contribution in [-0.4, -0.2) is 56.7 Å². The van der Waals surface area contributed by atoms with Crippen molar-refractivity contribution >= 4 is 47.0 Å². The van der Waals surface area contributed by atoms with Gasteiger partial charge >= 0.3 is 0 Å². The molecule has 2 aromatic rings. The van der Waals surface area contributed by atoms with Crippen LogP contribution in [0.5, 0.6) is 0 Å². The number of hydrogen-bond donors (Lipinski definition) is 2. The van der Waals surface area contributed by atoms with Crippen LogP contribution >= 0.6 is 35.3 Å². The number of nitrogens with zero attached hydrogens (tertiary/aromatic N) is 3. The highest BCUT2D eigenvalue weighted by atomic mass is 127. The van der Waals surface area contributed by atoms with Gasteiger partial charge in [0.2, 0.25) is 0 Å². The third kappa shape index (κ3) is 6.65. The summed E-state index contributed by atoms with van der Waals surface area (Å²) >= 11 is 1.72. The maximum Gasteiger partial charge on any atom is 0.191 e. The van der Waals surface area contributed by atoms with Crippen LogP contribution < -0.4 is 15.5 Å². The molecule has 1 aliphatic heterocycles. The Balaban J connectivity index is 0.00000261. The summed E-state index contributed by atoms with van der Waals surface area (Å²) in [6.07, 6.45) is 0. The highest BCUT2D eigenvalue weighted by Crippen LogP contribution is 2.16. The molecule has 0 amide bonds. The number of thiophene rings is 1. The third-order valence-corrected chi connectivity index (χ3v) is 5.62. The second-order valence-electron chi connectivity index (χ2n) is 6.65. The van der Waals surface area contributed by atoms with Crippen LogP contribution in [0.4, 0.5) is 5.69 Å². The standard InChI is InChI=1S/C20H29N5S.HI/c1-17(14-22-20(21-2)23-15-18-8-13-26-16-18)24-9-11-25(12-10-24)19-6-4-3-5-7-19;/h3-8,13,16-17H,9-12,14-15H2,1-2H3,(H2,21,22,23);1H. The van der Waals surface area contributed by atoms with E-state index in [9.17, 15) is 0 Å². The SMILES string of the molecule is CN=C(NCc1ccsc1)NCC(C)N1CCN(c2ccccc2)CC1.I. The number of benzene rings is 1. The molecule has 1 aliphatic rings. The minimum Gasteiger partial charge on any atom is -0.369 e. The van der Waals surface area contributed by atoms with Gasteiger partial charge in [-0.25, -0.2) is 0 Å². The van der Waals surface area contributed by atoms with Gasteiger partial charge in [-0.15, -0.1) is 24.0 Å². The van der Waals surface area contributed by atoms with Crippen LogP contribution in [0.25, 0.3) is 0 Å². The number of anilines is 1. The Hall–Kier alpha value is -1.32. The molecule has 2 heterocycles. The lowest BCUT2D eigenvalue weighted by molar-refractivity contribution is 0.197. The molecule has 0 bridgehead atoms. The summed E-state index contributed by atoms with van der Waals surface area (Å²) in [4.78, 5) is 9.35. The summed E-state index contributed by atoms with van der Waals surface area (Å²) in [6.45, 7) is 8.36. The van der Waals surface area contributed by atoms with Gasteiger partial charge in [-0.2, -0.15) is 11.3 Å². The van der Waals surface area contributed by atoms with Crippen molar-refractivity contribution in [2.24, 2.45) is 4.99 Å². The Kier molecular flexibility index (Phi) is 9.36. The Morgan fingerprint density at radius 2 is 1.85 bits per heavy atom. The summed E-state index contributed by atoms with van der Waals surface area (Å²) in [5.74, 6) is 0.867. The molecule has 1 aromatic heterocycles. The van der Waals surface area contributed by atoms with Gasteiger partial charge in [-0.3, -0.25) is 9.89 Å². The monoisotopic (exact) mass is 499 g/mol. The Morgan fingerprint density at radius 3 is 2.48 bits per heavy atom. The molecule has 1 saturated heterocycles. The number of hydrogen-bond acceptors (Lipinski definition) is 4. The molecular formula is C20H30IN5S. The molecule has 0 spiro atoms. The highest BCUT2D eigenvalue weighted by molar-refractivity contribution is 14.0. The third-order valence-electron chi connectivity index (χ3n) is 4.89. The van der Waals surface area contributed by atoms with Gasteiger partial charge in [0.05, 0.1) is 0 Å². The highest BCUT2D eigenvalue weighted by Gasteiger charge is 2.21. The topological polar surface area (TPSA) is 42.9 Å². The van der Waals surface area contributed by atoms with Gasteiger partial charge in [0.25, 0.3) is 0 Å². The normalized spacial score (nSPS) is 16.5. The average molecular weight is 499 g/mol. The van der Waals surface area contributed by atoms with Crippen LogP contribution in [0.3, 0.4) is 0 Å². The summed E-state index contributed by atoms with van der Waals surface area (Å²) in [6, 6.07) is 13.3. The maximum atomic E-state index is 4.33. The van der Waals surface area contributed by atoms with Crippen molar-refractivity contribution in [2.45, 2.75) is 19.5 Å². The predicted octanol–water partition coefficient (Wildman–Crippen LogP) is 3.24. The zero-order chi connectivity index (χ0) is 18.2. The molecule has 1 unspecified atom stereocenters. The van der Waals surface area contributed by atoms with Crippen molar-refractivity contribution in [1.82, 2.24) is 15.5 Å². The molecular weight excluding hydrogens is 469 g/mol. The van der Waals surface area contributed by atoms with Crippen molar-refractivity contribution < 1.29 is 0 Å². The van der Waals surface area contributed by atoms with Crippen LogP contribution in [0.2, 0.25) is 0 Å². The molecule has 27 heavy (non-hydrogen) atoms. The molecule has 0 radical (unpaired) electrons. The van der Waals surface area contributed by atoms with Crippen LogP contribution in [0.15, 0.2) is 52.2 Å². The van der Waals surface area contributed by atoms with Crippen LogP contribution in [0, 0.1) is 0 Å². The van der Waals surface area contributed by atoms with E-state index in [1.54, 1.807) is 11.3 Å². The van der Waals surface area contributed by atoms with E-state index in [2.05, 4.69) is 79.5 Å². The van der Waals surface area contributed by atoms with E-state index in [0.29, 0.717) is 6.04 Å². The minimum absolute atomic E-state index is 0. The van der Waals surface area contributed by atoms with Crippen molar-refractivity contribution in [3.05, 3.63) is 52.7 Å². The van der Waals surface area contributed by atoms with E-state index in [0.717, 1.165) is 45.2 Å². The fourth-order valence-electron chi connectivity index (χ4n) is 3.23. The van der Waals surface area contributed by atoms with Crippen molar-refractivity contribution in [2.75, 3.05) is 44.7 Å². The lowest BCUT2D eigenvalue weighted by atomic mass is 10.2. The summed E-state index contributed by atoms with van der Waals surface area (Å²) in [7, 11) is 1.83. The zero-order valence-electron chi connectivity index (χ0n) is 16.1. The van der Waals surface area contributed by atoms with E-state index in [4.69, 9.17) is 0 Å². The van der Waals surface area contributed by atoms with Crippen molar-refractivity contribution in [3.63, 3.8) is 0 Å². The molecule has 0 saturated carbocycles. The van der Waals surface area contributed by atoms with E-state index in [1.165, 1.54) is 11.3 Å². The van der Waals surface area contributed by atoms with Gasteiger partial charge in [0.15, 0.2) is 5.96 Å². The molecule has 2 N–H and O–H groups in total. The first kappa shape index (κ1) is 22.0. The summed E-state index contributed by atoms with van der Waals surface area (Å²) in [5, 5.41) is 11.1. The Bertz CT molecular complexity index is 669. The maximum absolute atomic E-state index is 4.33. The molecule has 0 aliphatic carbocycles. The summed E-state index contributed by atoms with van der Waals surface area (Å²) in [5.41, 5.74) is 2.62. The van der Waals surface area contributed by atoms with Gasteiger partial charge in [0.1, 0.15) is 0 Å². The Labute approximate surface area is 183 Å². The molecule has 7 heteroatoms. The molecule has 1 aromatic carbocycles. The van der Waals surface area contributed by atoms with Crippen molar-refractivity contribution in [3.8, 4) is 0 Å².